The van der Waals surface area contributed by atoms with Crippen molar-refractivity contribution < 1.29 is 37.4 Å². The van der Waals surface area contributed by atoms with Gasteiger partial charge < -0.3 is 20.5 Å². The highest BCUT2D eigenvalue weighted by Gasteiger charge is 2.51. The molecular weight excluding hydrogens is 407 g/mol. The molecule has 8 nitrogen and oxygen atoms in total. The molecule has 0 aromatic heterocycles. The van der Waals surface area contributed by atoms with Crippen molar-refractivity contribution in [3.8, 4) is 5.75 Å². The Balaban J connectivity index is 1.50. The van der Waals surface area contributed by atoms with Crippen molar-refractivity contribution >= 4 is 17.8 Å². The number of halogens is 3. The van der Waals surface area contributed by atoms with E-state index >= 15 is 0 Å². The Labute approximate surface area is 170 Å². The van der Waals surface area contributed by atoms with E-state index in [1.807, 2.05) is 0 Å². The van der Waals surface area contributed by atoms with E-state index in [9.17, 15) is 32.7 Å². The van der Waals surface area contributed by atoms with Gasteiger partial charge in [-0.1, -0.05) is 31.4 Å². The third-order valence-electron chi connectivity index (χ3n) is 5.25. The number of rotatable bonds is 6. The van der Waals surface area contributed by atoms with Crippen LogP contribution in [-0.2, 0) is 9.59 Å². The van der Waals surface area contributed by atoms with Crippen LogP contribution in [0.5, 0.6) is 5.75 Å². The van der Waals surface area contributed by atoms with Gasteiger partial charge in [0.05, 0.1) is 6.10 Å². The van der Waals surface area contributed by atoms with Crippen molar-refractivity contribution in [3.63, 3.8) is 0 Å². The fraction of sp³-hybridized carbons (Fsp3) is 0.526. The minimum atomic E-state index is -4.82. The average Bonchev–Trinajstić information content (AvgIpc) is 2.90. The summed E-state index contributed by atoms with van der Waals surface area (Å²) in [5, 5.41) is 15.2. The van der Waals surface area contributed by atoms with Gasteiger partial charge in [-0.25, -0.2) is 4.79 Å². The van der Waals surface area contributed by atoms with Crippen LogP contribution >= 0.6 is 0 Å². The van der Waals surface area contributed by atoms with E-state index in [0.29, 0.717) is 12.8 Å². The largest absolute Gasteiger partial charge is 0.573 e. The fourth-order valence-electron chi connectivity index (χ4n) is 3.73. The number of imide groups is 1. The first kappa shape index (κ1) is 21.9. The molecule has 1 heterocycles. The summed E-state index contributed by atoms with van der Waals surface area (Å²) in [6, 6.07) is 3.96. The second-order valence-electron chi connectivity index (χ2n) is 7.40. The maximum Gasteiger partial charge on any atom is 0.573 e. The van der Waals surface area contributed by atoms with E-state index < -0.39 is 48.1 Å². The summed E-state index contributed by atoms with van der Waals surface area (Å²) in [5.74, 6) is -1.48. The molecule has 1 saturated carbocycles. The van der Waals surface area contributed by atoms with Gasteiger partial charge in [0.25, 0.3) is 5.91 Å². The third kappa shape index (κ3) is 5.02. The Morgan fingerprint density at radius 1 is 1.20 bits per heavy atom. The number of hydrogen-bond donors (Lipinski definition) is 3. The maximum absolute atomic E-state index is 12.6. The number of amides is 4. The number of urea groups is 1. The Kier molecular flexibility index (Phi) is 6.20. The minimum Gasteiger partial charge on any atom is -0.406 e. The zero-order valence-corrected chi connectivity index (χ0v) is 16.0. The van der Waals surface area contributed by atoms with E-state index in [-0.39, 0.29) is 12.1 Å². The van der Waals surface area contributed by atoms with Crippen molar-refractivity contribution in [2.45, 2.75) is 50.1 Å². The van der Waals surface area contributed by atoms with Crippen molar-refractivity contribution in [3.05, 3.63) is 29.8 Å². The lowest BCUT2D eigenvalue weighted by molar-refractivity contribution is -0.274. The number of aliphatic hydroxyl groups is 1. The van der Waals surface area contributed by atoms with Gasteiger partial charge in [-0.15, -0.1) is 13.2 Å². The highest BCUT2D eigenvalue weighted by molar-refractivity contribution is 6.09. The fourth-order valence-corrected chi connectivity index (χ4v) is 3.73. The van der Waals surface area contributed by atoms with Crippen LogP contribution < -0.4 is 15.4 Å². The number of nitrogens with zero attached hydrogens (tertiary/aromatic N) is 1. The molecule has 1 aliphatic heterocycles. The van der Waals surface area contributed by atoms with Gasteiger partial charge in [0.15, 0.2) is 0 Å². The number of ether oxygens (including phenoxy) is 1. The van der Waals surface area contributed by atoms with Crippen molar-refractivity contribution in [2.75, 3.05) is 13.1 Å². The SMILES string of the molecule is O=C(CN1C(=O)NC2(CCCCC2)C1=O)NCC(O)c1ccc(OC(F)(F)F)cc1. The zero-order chi connectivity index (χ0) is 21.9. The molecule has 0 bridgehead atoms. The summed E-state index contributed by atoms with van der Waals surface area (Å²) in [5.41, 5.74) is -0.656. The third-order valence-corrected chi connectivity index (χ3v) is 5.25. The van der Waals surface area contributed by atoms with Gasteiger partial charge in [-0.05, 0) is 30.5 Å². The lowest BCUT2D eigenvalue weighted by Gasteiger charge is -2.30. The first-order valence-electron chi connectivity index (χ1n) is 9.54. The van der Waals surface area contributed by atoms with E-state index in [1.54, 1.807) is 0 Å². The van der Waals surface area contributed by atoms with Gasteiger partial charge in [0.1, 0.15) is 17.8 Å². The Bertz CT molecular complexity index is 807. The van der Waals surface area contributed by atoms with Crippen LogP contribution in [0.3, 0.4) is 0 Å². The molecule has 1 spiro atoms. The van der Waals surface area contributed by atoms with Crippen LogP contribution in [0.4, 0.5) is 18.0 Å². The minimum absolute atomic E-state index is 0.243. The highest BCUT2D eigenvalue weighted by atomic mass is 19.4. The van der Waals surface area contributed by atoms with Crippen LogP contribution in [0.2, 0.25) is 0 Å². The summed E-state index contributed by atoms with van der Waals surface area (Å²) < 4.78 is 40.3. The maximum atomic E-state index is 12.6. The van der Waals surface area contributed by atoms with Gasteiger partial charge in [0, 0.05) is 6.54 Å². The lowest BCUT2D eigenvalue weighted by atomic mass is 9.82. The molecule has 11 heteroatoms. The first-order valence-corrected chi connectivity index (χ1v) is 9.54. The number of nitrogens with one attached hydrogen (secondary N) is 2. The first-order chi connectivity index (χ1) is 14.1. The molecule has 2 fully saturated rings. The van der Waals surface area contributed by atoms with E-state index in [2.05, 4.69) is 15.4 Å². The van der Waals surface area contributed by atoms with Gasteiger partial charge in [0.2, 0.25) is 5.91 Å². The molecule has 1 aromatic rings. The zero-order valence-electron chi connectivity index (χ0n) is 16.0. The van der Waals surface area contributed by atoms with E-state index in [0.717, 1.165) is 36.3 Å². The molecule has 1 unspecified atom stereocenters. The molecule has 4 amide bonds. The van der Waals surface area contributed by atoms with Crippen LogP contribution in [-0.4, -0.2) is 52.8 Å². The van der Waals surface area contributed by atoms with Gasteiger partial charge in [-0.3, -0.25) is 14.5 Å². The number of carbonyl (C=O) groups excluding carboxylic acids is 3. The van der Waals surface area contributed by atoms with Crippen LogP contribution in [0, 0.1) is 0 Å². The Morgan fingerprint density at radius 2 is 1.83 bits per heavy atom. The molecule has 1 aromatic carbocycles. The smallest absolute Gasteiger partial charge is 0.406 e. The molecule has 2 aliphatic rings. The Hall–Kier alpha value is -2.82. The molecule has 3 N–H and O–H groups in total. The lowest BCUT2D eigenvalue weighted by Crippen LogP contribution is -2.49. The number of benzene rings is 1. The molecule has 164 valence electrons. The van der Waals surface area contributed by atoms with Crippen molar-refractivity contribution in [2.24, 2.45) is 0 Å². The van der Waals surface area contributed by atoms with Crippen LogP contribution in [0.1, 0.15) is 43.8 Å². The number of hydrogen-bond acceptors (Lipinski definition) is 5. The van der Waals surface area contributed by atoms with E-state index in [1.165, 1.54) is 12.1 Å². The summed E-state index contributed by atoms with van der Waals surface area (Å²) in [6.07, 6.45) is -2.28. The average molecular weight is 429 g/mol. The van der Waals surface area contributed by atoms with E-state index in [4.69, 9.17) is 0 Å². The number of alkyl halides is 3. The molecule has 1 atom stereocenters. The summed E-state index contributed by atoms with van der Waals surface area (Å²) in [7, 11) is 0. The molecule has 1 saturated heterocycles. The molecule has 30 heavy (non-hydrogen) atoms. The monoisotopic (exact) mass is 429 g/mol. The Morgan fingerprint density at radius 3 is 2.43 bits per heavy atom. The summed E-state index contributed by atoms with van der Waals surface area (Å²) in [6.45, 7) is -0.718. The van der Waals surface area contributed by atoms with Gasteiger partial charge >= 0.3 is 12.4 Å². The van der Waals surface area contributed by atoms with Gasteiger partial charge in [-0.2, -0.15) is 0 Å². The van der Waals surface area contributed by atoms with Crippen molar-refractivity contribution in [1.29, 1.82) is 0 Å². The van der Waals surface area contributed by atoms with Crippen molar-refractivity contribution in [1.82, 2.24) is 15.5 Å². The predicted molar refractivity (Wildman–Crippen MR) is 97.2 cm³/mol. The van der Waals surface area contributed by atoms with Crippen LogP contribution in [0.25, 0.3) is 0 Å². The summed E-state index contributed by atoms with van der Waals surface area (Å²) >= 11 is 0. The second-order valence-corrected chi connectivity index (χ2v) is 7.40. The highest BCUT2D eigenvalue weighted by Crippen LogP contribution is 2.33. The molecule has 1 aliphatic carbocycles. The second kappa shape index (κ2) is 8.50. The molecular formula is C19H22F3N3O5. The standard InChI is InChI=1S/C19H22F3N3O5/c20-19(21,22)30-13-6-4-12(5-7-13)14(26)10-23-15(27)11-25-16(28)18(24-17(25)29)8-2-1-3-9-18/h4-7,14,26H,1-3,8-11H2,(H,23,27)(H,24,29). The predicted octanol–water partition coefficient (Wildman–Crippen LogP) is 1.99. The summed E-state index contributed by atoms with van der Waals surface area (Å²) in [4.78, 5) is 37.8. The van der Waals surface area contributed by atoms with Crippen LogP contribution in [0.15, 0.2) is 24.3 Å². The number of carbonyl (C=O) groups is 3. The topological polar surface area (TPSA) is 108 Å². The number of aliphatic hydroxyl groups excluding tert-OH is 1. The normalized spacial score (nSPS) is 19.5. The molecule has 0 radical (unpaired) electrons. The quantitative estimate of drug-likeness (QED) is 0.600. The molecule has 3 rings (SSSR count).